The molecule has 0 saturated carbocycles. The highest BCUT2D eigenvalue weighted by Gasteiger charge is 2.39. The van der Waals surface area contributed by atoms with Crippen molar-refractivity contribution in [2.75, 3.05) is 7.11 Å². The number of allylic oxidation sites excluding steroid dienone is 3. The van der Waals surface area contributed by atoms with Gasteiger partial charge in [-0.3, -0.25) is 0 Å². The van der Waals surface area contributed by atoms with E-state index in [1.165, 1.54) is 7.11 Å². The Morgan fingerprint density at radius 2 is 2.16 bits per heavy atom. The van der Waals surface area contributed by atoms with Crippen LogP contribution in [0.4, 0.5) is 0 Å². The van der Waals surface area contributed by atoms with Gasteiger partial charge in [-0.15, -0.1) is 0 Å². The molecule has 0 bridgehead atoms. The van der Waals surface area contributed by atoms with Gasteiger partial charge in [0.1, 0.15) is 17.0 Å². The summed E-state index contributed by atoms with van der Waals surface area (Å²) in [5, 5.41) is 0. The van der Waals surface area contributed by atoms with Gasteiger partial charge in [0.05, 0.1) is 13.3 Å². The SMILES string of the molecule is COC(=O)C1=C([NH+]2C=NC=C2C)C(C)(C)CC=C1.[Cl-]. The first kappa shape index (κ1) is 15.7. The molecule has 1 unspecified atom stereocenters. The second kappa shape index (κ2) is 5.72. The zero-order valence-corrected chi connectivity index (χ0v) is 12.4. The Kier molecular flexibility index (Phi) is 4.71. The topological polar surface area (TPSA) is 43.1 Å². The molecule has 0 aromatic rings. The molecule has 104 valence electrons. The van der Waals surface area contributed by atoms with Crippen LogP contribution in [0, 0.1) is 5.41 Å². The number of nitrogens with zero attached hydrogens (tertiary/aromatic N) is 1. The van der Waals surface area contributed by atoms with E-state index in [9.17, 15) is 4.79 Å². The molecule has 0 radical (unpaired) electrons. The Morgan fingerprint density at radius 3 is 2.68 bits per heavy atom. The molecule has 0 spiro atoms. The monoisotopic (exact) mass is 282 g/mol. The lowest BCUT2D eigenvalue weighted by atomic mass is 9.79. The summed E-state index contributed by atoms with van der Waals surface area (Å²) in [7, 11) is 1.42. The van der Waals surface area contributed by atoms with Crippen LogP contribution in [0.1, 0.15) is 27.2 Å². The summed E-state index contributed by atoms with van der Waals surface area (Å²) in [4.78, 5) is 17.1. The van der Waals surface area contributed by atoms with Gasteiger partial charge in [0.15, 0.2) is 6.34 Å². The lowest BCUT2D eigenvalue weighted by Crippen LogP contribution is -3.07. The second-order valence-electron chi connectivity index (χ2n) is 5.27. The fourth-order valence-electron chi connectivity index (χ4n) is 2.47. The van der Waals surface area contributed by atoms with Crippen molar-refractivity contribution in [1.82, 2.24) is 0 Å². The Labute approximate surface area is 119 Å². The molecule has 0 aromatic heterocycles. The van der Waals surface area contributed by atoms with Crippen LogP contribution in [0.15, 0.2) is 40.3 Å². The van der Waals surface area contributed by atoms with E-state index < -0.39 is 0 Å². The normalized spacial score (nSPS) is 24.0. The van der Waals surface area contributed by atoms with Crippen LogP contribution in [-0.4, -0.2) is 19.4 Å². The van der Waals surface area contributed by atoms with Crippen LogP contribution in [0.25, 0.3) is 0 Å². The first-order valence-electron chi connectivity index (χ1n) is 6.04. The van der Waals surface area contributed by atoms with Crippen molar-refractivity contribution in [1.29, 1.82) is 0 Å². The van der Waals surface area contributed by atoms with Crippen molar-refractivity contribution in [2.45, 2.75) is 27.2 Å². The number of hydrogen-bond donors (Lipinski definition) is 1. The first-order chi connectivity index (χ1) is 8.47. The van der Waals surface area contributed by atoms with Gasteiger partial charge in [0, 0.05) is 12.3 Å². The average molecular weight is 283 g/mol. The van der Waals surface area contributed by atoms with E-state index in [-0.39, 0.29) is 23.8 Å². The largest absolute Gasteiger partial charge is 1.00 e. The minimum Gasteiger partial charge on any atom is -1.00 e. The third kappa shape index (κ3) is 2.80. The number of methoxy groups -OCH3 is 1. The number of quaternary nitrogens is 1. The number of halogens is 1. The van der Waals surface area contributed by atoms with Gasteiger partial charge >= 0.3 is 5.97 Å². The number of rotatable bonds is 2. The smallest absolute Gasteiger partial charge is 0.343 e. The molecule has 0 fully saturated rings. The molecule has 1 atom stereocenters. The molecule has 5 heteroatoms. The Morgan fingerprint density at radius 1 is 1.47 bits per heavy atom. The van der Waals surface area contributed by atoms with Gasteiger partial charge < -0.3 is 17.1 Å². The molecular weight excluding hydrogens is 264 g/mol. The molecule has 4 nitrogen and oxygen atoms in total. The lowest BCUT2D eigenvalue weighted by molar-refractivity contribution is -0.715. The molecule has 0 aromatic carbocycles. The maximum atomic E-state index is 11.9. The second-order valence-corrected chi connectivity index (χ2v) is 5.27. The van der Waals surface area contributed by atoms with Gasteiger partial charge in [-0.05, 0) is 12.5 Å². The fraction of sp³-hybridized carbons (Fsp3) is 0.429. The standard InChI is InChI=1S/C14H18N2O2.ClH/c1-10-8-15-9-16(10)12-11(13(17)18-4)6-5-7-14(12,2)3;/h5-6,8-9H,7H2,1-4H3;1H. The van der Waals surface area contributed by atoms with Crippen molar-refractivity contribution >= 4 is 12.3 Å². The van der Waals surface area contributed by atoms with E-state index in [1.807, 2.05) is 31.6 Å². The van der Waals surface area contributed by atoms with Crippen molar-refractivity contribution in [3.8, 4) is 0 Å². The number of aliphatic imine (C=N–C) groups is 1. The van der Waals surface area contributed by atoms with Crippen molar-refractivity contribution in [2.24, 2.45) is 10.4 Å². The minimum atomic E-state index is -0.283. The van der Waals surface area contributed by atoms with Crippen LogP contribution in [0.3, 0.4) is 0 Å². The van der Waals surface area contributed by atoms with E-state index in [0.717, 1.165) is 22.7 Å². The van der Waals surface area contributed by atoms with Gasteiger partial charge in [-0.25, -0.2) is 14.7 Å². The van der Waals surface area contributed by atoms with Gasteiger partial charge in [-0.2, -0.15) is 0 Å². The number of carbonyl (C=O) groups excluding carboxylic acids is 1. The number of nitrogens with one attached hydrogen (secondary N) is 1. The minimum absolute atomic E-state index is 0. The van der Waals surface area contributed by atoms with Crippen LogP contribution in [-0.2, 0) is 9.53 Å². The maximum absolute atomic E-state index is 11.9. The summed E-state index contributed by atoms with van der Waals surface area (Å²) in [5.74, 6) is -0.283. The molecular formula is C14H19ClN2O2. The highest BCUT2D eigenvalue weighted by molar-refractivity contribution is 5.92. The van der Waals surface area contributed by atoms with E-state index in [1.54, 1.807) is 0 Å². The Hall–Kier alpha value is -1.39. The summed E-state index contributed by atoms with van der Waals surface area (Å²) in [6, 6.07) is 0. The Bertz CT molecular complexity index is 502. The number of esters is 1. The van der Waals surface area contributed by atoms with Gasteiger partial charge in [0.25, 0.3) is 0 Å². The summed E-state index contributed by atoms with van der Waals surface area (Å²) in [6.45, 7) is 6.29. The molecule has 0 amide bonds. The van der Waals surface area contributed by atoms with Crippen molar-refractivity contribution in [3.05, 3.63) is 35.3 Å². The molecule has 19 heavy (non-hydrogen) atoms. The quantitative estimate of drug-likeness (QED) is 0.607. The van der Waals surface area contributed by atoms with Gasteiger partial charge in [-0.1, -0.05) is 19.9 Å². The summed E-state index contributed by atoms with van der Waals surface area (Å²) >= 11 is 0. The van der Waals surface area contributed by atoms with Crippen LogP contribution >= 0.6 is 0 Å². The zero-order valence-electron chi connectivity index (χ0n) is 11.7. The third-order valence-corrected chi connectivity index (χ3v) is 3.43. The fourth-order valence-corrected chi connectivity index (χ4v) is 2.47. The highest BCUT2D eigenvalue weighted by atomic mass is 35.5. The molecule has 1 aliphatic heterocycles. The third-order valence-electron chi connectivity index (χ3n) is 3.43. The molecule has 2 aliphatic rings. The van der Waals surface area contributed by atoms with Crippen LogP contribution < -0.4 is 17.3 Å². The molecule has 1 N–H and O–H groups in total. The van der Waals surface area contributed by atoms with E-state index in [0.29, 0.717) is 5.57 Å². The number of hydrogen-bond acceptors (Lipinski definition) is 3. The zero-order chi connectivity index (χ0) is 13.3. The van der Waals surface area contributed by atoms with E-state index in [4.69, 9.17) is 4.74 Å². The number of ether oxygens (including phenoxy) is 1. The average Bonchev–Trinajstić information content (AvgIpc) is 2.72. The van der Waals surface area contributed by atoms with E-state index in [2.05, 4.69) is 18.8 Å². The predicted octanol–water partition coefficient (Wildman–Crippen LogP) is -1.81. The highest BCUT2D eigenvalue weighted by Crippen LogP contribution is 2.34. The molecule has 0 saturated heterocycles. The van der Waals surface area contributed by atoms with Crippen LogP contribution in [0.2, 0.25) is 0 Å². The summed E-state index contributed by atoms with van der Waals surface area (Å²) in [6.07, 6.45) is 8.45. The molecule has 1 aliphatic carbocycles. The predicted molar refractivity (Wildman–Crippen MR) is 69.8 cm³/mol. The summed E-state index contributed by atoms with van der Waals surface area (Å²) in [5.41, 5.74) is 2.69. The maximum Gasteiger partial charge on any atom is 0.343 e. The lowest BCUT2D eigenvalue weighted by Gasteiger charge is -2.31. The van der Waals surface area contributed by atoms with E-state index >= 15 is 0 Å². The molecule has 1 heterocycles. The molecule has 2 rings (SSSR count). The van der Waals surface area contributed by atoms with Crippen molar-refractivity contribution < 1.29 is 26.8 Å². The summed E-state index contributed by atoms with van der Waals surface area (Å²) < 4.78 is 4.88. The van der Waals surface area contributed by atoms with Crippen LogP contribution in [0.5, 0.6) is 0 Å². The van der Waals surface area contributed by atoms with Crippen molar-refractivity contribution in [3.63, 3.8) is 0 Å². The van der Waals surface area contributed by atoms with Gasteiger partial charge in [0.2, 0.25) is 0 Å². The number of carbonyl (C=O) groups is 1. The first-order valence-corrected chi connectivity index (χ1v) is 6.04. The Balaban J connectivity index is 0.00000180.